The van der Waals surface area contributed by atoms with Crippen LogP contribution in [-0.4, -0.2) is 21.6 Å². The molecule has 94 valence electrons. The lowest BCUT2D eigenvalue weighted by molar-refractivity contribution is -0.191. The van der Waals surface area contributed by atoms with Crippen LogP contribution in [0.5, 0.6) is 0 Å². The van der Waals surface area contributed by atoms with Crippen molar-refractivity contribution in [1.82, 2.24) is 15.4 Å². The first-order valence-electron chi connectivity index (χ1n) is 5.64. The summed E-state index contributed by atoms with van der Waals surface area (Å²) in [5.41, 5.74) is 4.69. The fourth-order valence-electron chi connectivity index (χ4n) is 1.60. The van der Waals surface area contributed by atoms with E-state index < -0.39 is 0 Å². The van der Waals surface area contributed by atoms with Crippen LogP contribution in [-0.2, 0) is 22.4 Å². The van der Waals surface area contributed by atoms with E-state index in [1.54, 1.807) is 0 Å². The molecule has 0 atom stereocenters. The third-order valence-electron chi connectivity index (χ3n) is 2.53. The quantitative estimate of drug-likeness (QED) is 0.892. The Balaban J connectivity index is 0.000000492. The number of hydrogen-bond acceptors (Lipinski definition) is 4. The highest BCUT2D eigenvalue weighted by Crippen LogP contribution is 2.11. The maximum atomic E-state index is 8.12. The van der Waals surface area contributed by atoms with Gasteiger partial charge in [0.15, 0.2) is 0 Å². The second kappa shape index (κ2) is 7.14. The Labute approximate surface area is 105 Å². The third kappa shape index (κ3) is 3.96. The second-order valence-electron chi connectivity index (χ2n) is 3.82. The van der Waals surface area contributed by atoms with E-state index in [2.05, 4.69) is 53.5 Å². The number of hydrogen-bond donors (Lipinski definition) is 1. The van der Waals surface area contributed by atoms with Gasteiger partial charge in [0.05, 0.1) is 11.4 Å². The van der Waals surface area contributed by atoms with Gasteiger partial charge in [0.1, 0.15) is 0 Å². The highest BCUT2D eigenvalue weighted by atomic mass is 16.2. The number of nitrogens with zero attached hydrogens (tertiary/aromatic N) is 2. The first-order valence-corrected chi connectivity index (χ1v) is 5.64. The molecule has 5 heteroatoms. The predicted octanol–water partition coefficient (Wildman–Crippen LogP) is 1.68. The summed E-state index contributed by atoms with van der Waals surface area (Å²) in [6.07, 6.45) is 2.04. The number of rotatable bonds is 3. The molecule has 1 aromatic carbocycles. The van der Waals surface area contributed by atoms with Crippen LogP contribution in [0.4, 0.5) is 0 Å². The minimum atomic E-state index is 0.250. The van der Waals surface area contributed by atoms with Crippen LogP contribution in [0.25, 0.3) is 0 Å². The van der Waals surface area contributed by atoms with Crippen LogP contribution in [0, 0.1) is 6.92 Å². The van der Waals surface area contributed by atoms with Gasteiger partial charge >= 0.3 is 6.15 Å². The Hall–Kier alpha value is -2.26. The van der Waals surface area contributed by atoms with Gasteiger partial charge < -0.3 is 0 Å². The molecule has 5 nitrogen and oxygen atoms in total. The molecular formula is C13H15N3O2. The van der Waals surface area contributed by atoms with E-state index >= 15 is 0 Å². The molecule has 0 radical (unpaired) electrons. The van der Waals surface area contributed by atoms with Crippen LogP contribution in [0.2, 0.25) is 0 Å². The molecule has 1 N–H and O–H groups in total. The third-order valence-corrected chi connectivity index (χ3v) is 2.53. The lowest BCUT2D eigenvalue weighted by atomic mass is 10.1. The zero-order valence-electron chi connectivity index (χ0n) is 10.4. The van der Waals surface area contributed by atoms with Crippen molar-refractivity contribution in [3.8, 4) is 0 Å². The molecule has 2 aromatic rings. The maximum absolute atomic E-state index is 8.12. The fraction of sp³-hybridized carbons (Fsp3) is 0.308. The van der Waals surface area contributed by atoms with E-state index in [-0.39, 0.29) is 6.15 Å². The molecule has 0 saturated carbocycles. The fourth-order valence-corrected chi connectivity index (χ4v) is 1.60. The van der Waals surface area contributed by atoms with E-state index in [4.69, 9.17) is 9.59 Å². The number of benzene rings is 1. The van der Waals surface area contributed by atoms with Crippen molar-refractivity contribution in [1.29, 1.82) is 0 Å². The molecule has 18 heavy (non-hydrogen) atoms. The summed E-state index contributed by atoms with van der Waals surface area (Å²) in [7, 11) is 0. The highest BCUT2D eigenvalue weighted by Gasteiger charge is 2.05. The van der Waals surface area contributed by atoms with Crippen LogP contribution in [0.1, 0.15) is 29.4 Å². The topological polar surface area (TPSA) is 75.7 Å². The van der Waals surface area contributed by atoms with Crippen LogP contribution in [0.3, 0.4) is 0 Å². The smallest absolute Gasteiger partial charge is 0.197 e. The van der Waals surface area contributed by atoms with Crippen molar-refractivity contribution < 1.29 is 9.59 Å². The summed E-state index contributed by atoms with van der Waals surface area (Å²) < 4.78 is 0. The Morgan fingerprint density at radius 3 is 2.22 bits per heavy atom. The average Bonchev–Trinajstić information content (AvgIpc) is 2.80. The summed E-state index contributed by atoms with van der Waals surface area (Å²) in [5.74, 6) is 0. The number of aromatic amines is 1. The number of carbonyl (C=O) groups excluding carboxylic acids is 2. The summed E-state index contributed by atoms with van der Waals surface area (Å²) in [6, 6.07) is 8.54. The zero-order valence-corrected chi connectivity index (χ0v) is 10.4. The molecule has 0 spiro atoms. The van der Waals surface area contributed by atoms with Crippen LogP contribution in [0.15, 0.2) is 24.3 Å². The SMILES string of the molecule is CCc1n[nH]nc1Cc1ccc(C)cc1.O=C=O. The summed E-state index contributed by atoms with van der Waals surface area (Å²) in [4.78, 5) is 16.2. The second-order valence-corrected chi connectivity index (χ2v) is 3.82. The normalized spacial score (nSPS) is 9.22. The van der Waals surface area contributed by atoms with Crippen molar-refractivity contribution in [3.05, 3.63) is 46.8 Å². The lowest BCUT2D eigenvalue weighted by Crippen LogP contribution is -1.93. The minimum absolute atomic E-state index is 0.250. The van der Waals surface area contributed by atoms with Crippen molar-refractivity contribution in [3.63, 3.8) is 0 Å². The molecule has 0 aliphatic carbocycles. The molecular weight excluding hydrogens is 230 g/mol. The Bertz CT molecular complexity index is 511. The molecule has 0 fully saturated rings. The first-order chi connectivity index (χ1) is 8.71. The van der Waals surface area contributed by atoms with Gasteiger partial charge in [-0.05, 0) is 18.9 Å². The molecule has 0 unspecified atom stereocenters. The largest absolute Gasteiger partial charge is 0.373 e. The van der Waals surface area contributed by atoms with Gasteiger partial charge in [-0.25, -0.2) is 0 Å². The van der Waals surface area contributed by atoms with Crippen molar-refractivity contribution >= 4 is 6.15 Å². The summed E-state index contributed by atoms with van der Waals surface area (Å²) >= 11 is 0. The van der Waals surface area contributed by atoms with Gasteiger partial charge in [0.2, 0.25) is 0 Å². The highest BCUT2D eigenvalue weighted by molar-refractivity contribution is 5.26. The lowest BCUT2D eigenvalue weighted by Gasteiger charge is -2.00. The van der Waals surface area contributed by atoms with Crippen molar-refractivity contribution in [2.75, 3.05) is 0 Å². The van der Waals surface area contributed by atoms with Gasteiger partial charge in [-0.3, -0.25) is 0 Å². The first kappa shape index (κ1) is 13.8. The molecule has 0 amide bonds. The van der Waals surface area contributed by atoms with Gasteiger partial charge in [-0.15, -0.1) is 0 Å². The average molecular weight is 245 g/mol. The van der Waals surface area contributed by atoms with E-state index in [0.717, 1.165) is 24.2 Å². The minimum Gasteiger partial charge on any atom is -0.197 e. The van der Waals surface area contributed by atoms with Crippen LogP contribution >= 0.6 is 0 Å². The standard InChI is InChI=1S/C12H15N3.CO2/c1-3-11-12(14-15-13-11)8-10-6-4-9(2)5-7-10;2-1-3/h4-7H,3,8H2,1-2H3,(H,13,14,15);. The van der Waals surface area contributed by atoms with Crippen molar-refractivity contribution in [2.45, 2.75) is 26.7 Å². The zero-order chi connectivity index (χ0) is 13.4. The van der Waals surface area contributed by atoms with Crippen molar-refractivity contribution in [2.24, 2.45) is 0 Å². The van der Waals surface area contributed by atoms with Crippen LogP contribution < -0.4 is 0 Å². The van der Waals surface area contributed by atoms with E-state index in [1.165, 1.54) is 11.1 Å². The number of aryl methyl sites for hydroxylation is 2. The Morgan fingerprint density at radius 1 is 1.11 bits per heavy atom. The molecule has 0 saturated heterocycles. The van der Waals surface area contributed by atoms with Gasteiger partial charge in [-0.2, -0.15) is 25.0 Å². The summed E-state index contributed by atoms with van der Waals surface area (Å²) in [6.45, 7) is 4.19. The molecule has 0 aliphatic heterocycles. The number of nitrogens with one attached hydrogen (secondary N) is 1. The molecule has 2 rings (SSSR count). The summed E-state index contributed by atoms with van der Waals surface area (Å²) in [5, 5.41) is 11.0. The monoisotopic (exact) mass is 245 g/mol. The van der Waals surface area contributed by atoms with Gasteiger partial charge in [0, 0.05) is 6.42 Å². The molecule has 0 aliphatic rings. The van der Waals surface area contributed by atoms with E-state index in [9.17, 15) is 0 Å². The van der Waals surface area contributed by atoms with Gasteiger partial charge in [0.25, 0.3) is 0 Å². The van der Waals surface area contributed by atoms with E-state index in [0.29, 0.717) is 0 Å². The molecule has 1 heterocycles. The Kier molecular flexibility index (Phi) is 5.48. The predicted molar refractivity (Wildman–Crippen MR) is 64.8 cm³/mol. The molecule has 0 bridgehead atoms. The number of H-pyrrole nitrogens is 1. The maximum Gasteiger partial charge on any atom is 0.373 e. The molecule has 1 aromatic heterocycles. The Morgan fingerprint density at radius 2 is 1.67 bits per heavy atom. The number of aromatic nitrogens is 3. The van der Waals surface area contributed by atoms with E-state index in [1.807, 2.05) is 0 Å². The van der Waals surface area contributed by atoms with Gasteiger partial charge in [-0.1, -0.05) is 36.8 Å².